The molecule has 0 radical (unpaired) electrons. The summed E-state index contributed by atoms with van der Waals surface area (Å²) in [5.41, 5.74) is 1.34. The third-order valence-corrected chi connectivity index (χ3v) is 4.06. The number of rotatable bonds is 6. The predicted octanol–water partition coefficient (Wildman–Crippen LogP) is 3.61. The molecule has 2 aromatic rings. The molecule has 0 unspecified atom stereocenters. The lowest BCUT2D eigenvalue weighted by atomic mass is 10.2. The molecule has 21 heavy (non-hydrogen) atoms. The number of hydrogen-bond acceptors (Lipinski definition) is 5. The molecule has 1 aromatic heterocycles. The number of carboxylic acids is 1. The first-order valence-electron chi connectivity index (χ1n) is 6.58. The van der Waals surface area contributed by atoms with E-state index in [1.807, 2.05) is 25.1 Å². The van der Waals surface area contributed by atoms with E-state index >= 15 is 0 Å². The topological polar surface area (TPSA) is 68.7 Å². The summed E-state index contributed by atoms with van der Waals surface area (Å²) in [6.45, 7) is 4.35. The van der Waals surface area contributed by atoms with Crippen LogP contribution in [0.4, 0.5) is 0 Å². The predicted molar refractivity (Wildman–Crippen MR) is 81.6 cm³/mol. The first kappa shape index (κ1) is 15.3. The molecule has 0 aliphatic heterocycles. The molecule has 1 aromatic carbocycles. The second-order valence-electron chi connectivity index (χ2n) is 4.45. The lowest BCUT2D eigenvalue weighted by Crippen LogP contribution is -1.97. The lowest BCUT2D eigenvalue weighted by molar-refractivity contribution is 0.0701. The van der Waals surface area contributed by atoms with E-state index in [-0.39, 0.29) is 4.88 Å². The zero-order valence-corrected chi connectivity index (χ0v) is 13.0. The summed E-state index contributed by atoms with van der Waals surface area (Å²) in [5.74, 6) is 0.339. The molecule has 0 saturated heterocycles. The molecule has 0 fully saturated rings. The number of methoxy groups -OCH3 is 1. The first-order valence-corrected chi connectivity index (χ1v) is 7.40. The van der Waals surface area contributed by atoms with Crippen molar-refractivity contribution >= 4 is 17.3 Å². The maximum Gasteiger partial charge on any atom is 0.347 e. The molecular formula is C15H17NO4S. The highest BCUT2D eigenvalue weighted by molar-refractivity contribution is 7.17. The van der Waals surface area contributed by atoms with Crippen LogP contribution < -0.4 is 9.47 Å². The Bertz CT molecular complexity index is 651. The van der Waals surface area contributed by atoms with Gasteiger partial charge in [0.1, 0.15) is 9.88 Å². The van der Waals surface area contributed by atoms with Crippen molar-refractivity contribution in [3.8, 4) is 22.1 Å². The van der Waals surface area contributed by atoms with Crippen molar-refractivity contribution in [3.05, 3.63) is 28.8 Å². The molecule has 112 valence electrons. The molecule has 1 N–H and O–H groups in total. The fraction of sp³-hybridized carbons (Fsp3) is 0.333. The maximum atomic E-state index is 11.1. The van der Waals surface area contributed by atoms with E-state index < -0.39 is 5.97 Å². The summed E-state index contributed by atoms with van der Waals surface area (Å²) in [7, 11) is 1.58. The average molecular weight is 307 g/mol. The molecule has 2 rings (SSSR count). The smallest absolute Gasteiger partial charge is 0.347 e. The highest BCUT2D eigenvalue weighted by Crippen LogP contribution is 2.35. The van der Waals surface area contributed by atoms with E-state index in [9.17, 15) is 4.79 Å². The number of aromatic nitrogens is 1. The lowest BCUT2D eigenvalue weighted by Gasteiger charge is -2.10. The normalized spacial score (nSPS) is 10.4. The summed E-state index contributed by atoms with van der Waals surface area (Å²) in [6, 6.07) is 5.49. The van der Waals surface area contributed by atoms with Crippen LogP contribution in [0.5, 0.6) is 11.5 Å². The highest BCUT2D eigenvalue weighted by Gasteiger charge is 2.16. The van der Waals surface area contributed by atoms with Gasteiger partial charge in [-0.25, -0.2) is 9.78 Å². The summed E-state index contributed by atoms with van der Waals surface area (Å²) in [6.07, 6.45) is 0.915. The largest absolute Gasteiger partial charge is 0.493 e. The van der Waals surface area contributed by atoms with Crippen LogP contribution in [0.2, 0.25) is 0 Å². The quantitative estimate of drug-likeness (QED) is 0.883. The Morgan fingerprint density at radius 1 is 1.38 bits per heavy atom. The fourth-order valence-electron chi connectivity index (χ4n) is 1.85. The van der Waals surface area contributed by atoms with Crippen LogP contribution in [0.1, 0.15) is 28.7 Å². The number of aromatic carboxylic acids is 1. The second kappa shape index (κ2) is 6.58. The SMILES string of the molecule is CCCOc1ccc(-c2nc(C)c(C(=O)O)s2)cc1OC. The van der Waals surface area contributed by atoms with Gasteiger partial charge in [-0.15, -0.1) is 11.3 Å². The Kier molecular flexibility index (Phi) is 4.80. The van der Waals surface area contributed by atoms with Crippen LogP contribution in [0.15, 0.2) is 18.2 Å². The van der Waals surface area contributed by atoms with Crippen LogP contribution in [-0.2, 0) is 0 Å². The molecular weight excluding hydrogens is 290 g/mol. The van der Waals surface area contributed by atoms with Crippen LogP contribution in [-0.4, -0.2) is 29.8 Å². The average Bonchev–Trinajstić information content (AvgIpc) is 2.87. The van der Waals surface area contributed by atoms with E-state index in [0.717, 1.165) is 23.3 Å². The van der Waals surface area contributed by atoms with E-state index in [4.69, 9.17) is 14.6 Å². The molecule has 6 heteroatoms. The molecule has 0 atom stereocenters. The maximum absolute atomic E-state index is 11.1. The summed E-state index contributed by atoms with van der Waals surface area (Å²) >= 11 is 1.16. The zero-order valence-electron chi connectivity index (χ0n) is 12.2. The minimum Gasteiger partial charge on any atom is -0.493 e. The molecule has 5 nitrogen and oxygen atoms in total. The van der Waals surface area contributed by atoms with Gasteiger partial charge in [0.2, 0.25) is 0 Å². The van der Waals surface area contributed by atoms with Gasteiger partial charge in [-0.05, 0) is 31.5 Å². The van der Waals surface area contributed by atoms with Crippen molar-refractivity contribution < 1.29 is 19.4 Å². The van der Waals surface area contributed by atoms with E-state index in [1.54, 1.807) is 14.0 Å². The van der Waals surface area contributed by atoms with Gasteiger partial charge in [0.05, 0.1) is 19.4 Å². The second-order valence-corrected chi connectivity index (χ2v) is 5.45. The summed E-state index contributed by atoms with van der Waals surface area (Å²) in [5, 5.41) is 9.75. The van der Waals surface area contributed by atoms with Crippen LogP contribution in [0.3, 0.4) is 0 Å². The van der Waals surface area contributed by atoms with E-state index in [1.165, 1.54) is 0 Å². The molecule has 0 aliphatic rings. The first-order chi connectivity index (χ1) is 10.1. The Balaban J connectivity index is 2.36. The Morgan fingerprint density at radius 3 is 2.71 bits per heavy atom. The van der Waals surface area contributed by atoms with Crippen molar-refractivity contribution in [2.75, 3.05) is 13.7 Å². The Labute approximate surface area is 127 Å². The van der Waals surface area contributed by atoms with E-state index in [0.29, 0.717) is 28.8 Å². The third-order valence-electron chi connectivity index (χ3n) is 2.86. The minimum absolute atomic E-state index is 0.260. The van der Waals surface area contributed by atoms with Gasteiger partial charge in [-0.2, -0.15) is 0 Å². The number of ether oxygens (including phenoxy) is 2. The number of benzene rings is 1. The van der Waals surface area contributed by atoms with Crippen LogP contribution in [0, 0.1) is 6.92 Å². The molecule has 0 saturated carbocycles. The van der Waals surface area contributed by atoms with Gasteiger partial charge in [0, 0.05) is 5.56 Å². The Hall–Kier alpha value is -2.08. The number of aryl methyl sites for hydroxylation is 1. The molecule has 0 aliphatic carbocycles. The molecule has 0 spiro atoms. The minimum atomic E-state index is -0.953. The zero-order chi connectivity index (χ0) is 15.4. The fourth-order valence-corrected chi connectivity index (χ4v) is 2.75. The standard InChI is InChI=1S/C15H17NO4S/c1-4-7-20-11-6-5-10(8-12(11)19-3)14-16-9(2)13(21-14)15(17)18/h5-6,8H,4,7H2,1-3H3,(H,17,18). The number of thiazole rings is 1. The van der Waals surface area contributed by atoms with Crippen molar-refractivity contribution in [1.82, 2.24) is 4.98 Å². The van der Waals surface area contributed by atoms with Gasteiger partial charge in [0.25, 0.3) is 0 Å². The number of nitrogens with zero attached hydrogens (tertiary/aromatic N) is 1. The number of carboxylic acid groups (broad SMARTS) is 1. The van der Waals surface area contributed by atoms with E-state index in [2.05, 4.69) is 4.98 Å². The van der Waals surface area contributed by atoms with Gasteiger partial charge in [0.15, 0.2) is 11.5 Å². The third kappa shape index (κ3) is 3.33. The van der Waals surface area contributed by atoms with Gasteiger partial charge in [-0.3, -0.25) is 0 Å². The molecule has 0 amide bonds. The van der Waals surface area contributed by atoms with Crippen LogP contribution >= 0.6 is 11.3 Å². The highest BCUT2D eigenvalue weighted by atomic mass is 32.1. The number of hydrogen-bond donors (Lipinski definition) is 1. The summed E-state index contributed by atoms with van der Waals surface area (Å²) in [4.78, 5) is 15.7. The van der Waals surface area contributed by atoms with Crippen LogP contribution in [0.25, 0.3) is 10.6 Å². The van der Waals surface area contributed by atoms with Gasteiger partial charge >= 0.3 is 5.97 Å². The van der Waals surface area contributed by atoms with Crippen molar-refractivity contribution in [3.63, 3.8) is 0 Å². The van der Waals surface area contributed by atoms with Crippen molar-refractivity contribution in [2.45, 2.75) is 20.3 Å². The Morgan fingerprint density at radius 2 is 2.14 bits per heavy atom. The van der Waals surface area contributed by atoms with Crippen molar-refractivity contribution in [2.24, 2.45) is 0 Å². The van der Waals surface area contributed by atoms with Gasteiger partial charge < -0.3 is 14.6 Å². The monoisotopic (exact) mass is 307 g/mol. The molecule has 0 bridgehead atoms. The molecule has 1 heterocycles. The summed E-state index contributed by atoms with van der Waals surface area (Å²) < 4.78 is 10.9. The number of carbonyl (C=O) groups is 1. The van der Waals surface area contributed by atoms with Gasteiger partial charge in [-0.1, -0.05) is 6.92 Å². The van der Waals surface area contributed by atoms with Crippen molar-refractivity contribution in [1.29, 1.82) is 0 Å².